The Balaban J connectivity index is 0.000000441. The molecule has 0 aromatic heterocycles. The summed E-state index contributed by atoms with van der Waals surface area (Å²) in [6, 6.07) is 17.4. The third-order valence-corrected chi connectivity index (χ3v) is 11.0. The quantitative estimate of drug-likeness (QED) is 0.0708. The van der Waals surface area contributed by atoms with Gasteiger partial charge in [0, 0.05) is 10.8 Å². The Morgan fingerprint density at radius 3 is 1.15 bits per heavy atom. The predicted octanol–water partition coefficient (Wildman–Crippen LogP) is -1.49. The van der Waals surface area contributed by atoms with Crippen LogP contribution >= 0.6 is 0 Å². The zero-order valence-electron chi connectivity index (χ0n) is 25.7. The van der Waals surface area contributed by atoms with Gasteiger partial charge in [-0.15, -0.1) is 0 Å². The van der Waals surface area contributed by atoms with Crippen molar-refractivity contribution in [1.82, 2.24) is 0 Å². The SMILES string of the molecule is CCCCOS(=O)(=O)c1c(S(=O)(=O)[O-])ccc2ccccc12.CCCCOS(=O)(=O)c1c(S(=O)(=O)[O-])ccc2ccccc12.[Na+].[Na+]. The van der Waals surface area contributed by atoms with Gasteiger partial charge in [0.05, 0.1) is 23.0 Å². The van der Waals surface area contributed by atoms with Crippen LogP contribution in [0.3, 0.4) is 0 Å². The third kappa shape index (κ3) is 11.0. The second-order valence-corrected chi connectivity index (χ2v) is 15.2. The molecule has 4 rings (SSSR count). The van der Waals surface area contributed by atoms with E-state index in [-0.39, 0.29) is 83.1 Å². The Hall–Kier alpha value is -0.960. The molecular weight excluding hydrogens is 703 g/mol. The van der Waals surface area contributed by atoms with Crippen molar-refractivity contribution < 1.29 is 110 Å². The van der Waals surface area contributed by atoms with Crippen LogP contribution in [0, 0.1) is 0 Å². The molecular formula is C28H30Na2O12S4. The van der Waals surface area contributed by atoms with Gasteiger partial charge in [0.25, 0.3) is 20.2 Å². The second-order valence-electron chi connectivity index (χ2n) is 9.40. The van der Waals surface area contributed by atoms with Gasteiger partial charge in [-0.2, -0.15) is 16.8 Å². The topological polar surface area (TPSA) is 201 Å². The summed E-state index contributed by atoms with van der Waals surface area (Å²) in [5, 5.41) is 1.31. The average molecular weight is 733 g/mol. The summed E-state index contributed by atoms with van der Waals surface area (Å²) in [4.78, 5) is -2.75. The minimum atomic E-state index is -4.95. The van der Waals surface area contributed by atoms with Crippen molar-refractivity contribution in [3.05, 3.63) is 72.8 Å². The van der Waals surface area contributed by atoms with E-state index in [0.29, 0.717) is 23.6 Å². The first kappa shape index (κ1) is 43.1. The standard InChI is InChI=1S/2C14H16O6S2.2Na/c2*1-2-3-10-20-22(18,19)14-12-7-5-4-6-11(12)8-9-13(14)21(15,16)17;;/h2*4-9H,2-3,10H2,1H3,(H,15,16,17);;/q;;2*+1/p-2. The number of unbranched alkanes of at least 4 members (excludes halogenated alkanes) is 2. The van der Waals surface area contributed by atoms with Gasteiger partial charge in [0.1, 0.15) is 30.0 Å². The Labute approximate surface area is 314 Å². The average Bonchev–Trinajstić information content (AvgIpc) is 2.95. The first-order valence-electron chi connectivity index (χ1n) is 13.3. The summed E-state index contributed by atoms with van der Waals surface area (Å²) in [5.41, 5.74) is 0. The zero-order valence-corrected chi connectivity index (χ0v) is 33.0. The molecule has 4 aromatic carbocycles. The maximum atomic E-state index is 12.4. The first-order valence-corrected chi connectivity index (χ1v) is 18.9. The third-order valence-electron chi connectivity index (χ3n) is 6.20. The van der Waals surface area contributed by atoms with Crippen LogP contribution in [0.1, 0.15) is 39.5 Å². The summed E-state index contributed by atoms with van der Waals surface area (Å²) in [6.45, 7) is 3.59. The predicted molar refractivity (Wildman–Crippen MR) is 160 cm³/mol. The minimum absolute atomic E-state index is 0. The number of benzene rings is 4. The van der Waals surface area contributed by atoms with Gasteiger partial charge < -0.3 is 9.11 Å². The van der Waals surface area contributed by atoms with Gasteiger partial charge in [0.15, 0.2) is 0 Å². The molecule has 0 unspecified atom stereocenters. The largest absolute Gasteiger partial charge is 1.00 e. The molecule has 0 aliphatic rings. The Bertz CT molecular complexity index is 1930. The van der Waals surface area contributed by atoms with E-state index >= 15 is 0 Å². The molecule has 46 heavy (non-hydrogen) atoms. The molecule has 0 N–H and O–H groups in total. The van der Waals surface area contributed by atoms with Gasteiger partial charge >= 0.3 is 59.1 Å². The fraction of sp³-hybridized carbons (Fsp3) is 0.286. The number of hydrogen-bond acceptors (Lipinski definition) is 12. The summed E-state index contributed by atoms with van der Waals surface area (Å²) >= 11 is 0. The molecule has 12 nitrogen and oxygen atoms in total. The number of hydrogen-bond donors (Lipinski definition) is 0. The van der Waals surface area contributed by atoms with Crippen LogP contribution in [-0.2, 0) is 48.8 Å². The van der Waals surface area contributed by atoms with E-state index < -0.39 is 60.1 Å². The molecule has 240 valence electrons. The van der Waals surface area contributed by atoms with E-state index in [4.69, 9.17) is 8.37 Å². The van der Waals surface area contributed by atoms with Gasteiger partial charge in [0.2, 0.25) is 0 Å². The van der Waals surface area contributed by atoms with Crippen LogP contribution in [0.5, 0.6) is 0 Å². The molecule has 0 fully saturated rings. The van der Waals surface area contributed by atoms with E-state index in [9.17, 15) is 42.8 Å². The molecule has 0 heterocycles. The normalized spacial score (nSPS) is 12.1. The Morgan fingerprint density at radius 2 is 0.848 bits per heavy atom. The summed E-state index contributed by atoms with van der Waals surface area (Å²) in [5.74, 6) is 0. The Kier molecular flexibility index (Phi) is 17.0. The van der Waals surface area contributed by atoms with Crippen LogP contribution in [0.4, 0.5) is 0 Å². The van der Waals surface area contributed by atoms with Crippen LogP contribution in [0.2, 0.25) is 0 Å². The summed E-state index contributed by atoms with van der Waals surface area (Å²) in [6.07, 6.45) is 2.45. The number of rotatable bonds is 12. The Morgan fingerprint density at radius 1 is 0.522 bits per heavy atom. The molecule has 0 aliphatic heterocycles. The molecule has 0 saturated heterocycles. The van der Waals surface area contributed by atoms with E-state index in [1.807, 2.05) is 13.8 Å². The van der Waals surface area contributed by atoms with E-state index in [2.05, 4.69) is 0 Å². The van der Waals surface area contributed by atoms with Crippen LogP contribution in [0.15, 0.2) is 92.4 Å². The molecule has 0 bridgehead atoms. The van der Waals surface area contributed by atoms with Crippen molar-refractivity contribution in [2.75, 3.05) is 13.2 Å². The van der Waals surface area contributed by atoms with Crippen molar-refractivity contribution in [2.24, 2.45) is 0 Å². The molecule has 0 radical (unpaired) electrons. The van der Waals surface area contributed by atoms with Crippen LogP contribution in [0.25, 0.3) is 21.5 Å². The van der Waals surface area contributed by atoms with Crippen molar-refractivity contribution in [3.63, 3.8) is 0 Å². The fourth-order valence-electron chi connectivity index (χ4n) is 4.10. The first-order chi connectivity index (χ1) is 20.5. The molecule has 0 saturated carbocycles. The maximum Gasteiger partial charge on any atom is 1.00 e. The molecule has 18 heteroatoms. The summed E-state index contributed by atoms with van der Waals surface area (Å²) < 4.78 is 128. The zero-order chi connectivity index (χ0) is 32.8. The van der Waals surface area contributed by atoms with Gasteiger partial charge in [-0.05, 0) is 35.7 Å². The number of fused-ring (bicyclic) bond motifs is 2. The summed E-state index contributed by atoms with van der Waals surface area (Å²) in [7, 11) is -18.6. The van der Waals surface area contributed by atoms with Crippen molar-refractivity contribution in [3.8, 4) is 0 Å². The molecule has 0 aliphatic carbocycles. The van der Waals surface area contributed by atoms with Gasteiger partial charge in [-0.25, -0.2) is 16.8 Å². The van der Waals surface area contributed by atoms with Gasteiger partial charge in [-0.1, -0.05) is 87.4 Å². The second kappa shape index (κ2) is 18.2. The van der Waals surface area contributed by atoms with E-state index in [1.165, 1.54) is 24.3 Å². The molecule has 0 spiro atoms. The molecule has 0 amide bonds. The minimum Gasteiger partial charge on any atom is -0.744 e. The molecule has 4 aromatic rings. The van der Waals surface area contributed by atoms with Crippen molar-refractivity contribution in [1.29, 1.82) is 0 Å². The molecule has 0 atom stereocenters. The monoisotopic (exact) mass is 732 g/mol. The van der Waals surface area contributed by atoms with Gasteiger partial charge in [-0.3, -0.25) is 8.37 Å². The fourth-order valence-corrected chi connectivity index (χ4v) is 8.92. The van der Waals surface area contributed by atoms with Crippen LogP contribution < -0.4 is 59.1 Å². The van der Waals surface area contributed by atoms with Crippen LogP contribution in [-0.4, -0.2) is 56.0 Å². The van der Waals surface area contributed by atoms with Crippen molar-refractivity contribution >= 4 is 62.0 Å². The van der Waals surface area contributed by atoms with E-state index in [0.717, 1.165) is 25.0 Å². The smallest absolute Gasteiger partial charge is 0.744 e. The van der Waals surface area contributed by atoms with E-state index in [1.54, 1.807) is 36.4 Å². The maximum absolute atomic E-state index is 12.4. The van der Waals surface area contributed by atoms with Crippen molar-refractivity contribution in [2.45, 2.75) is 59.1 Å².